The molecule has 0 aromatic carbocycles. The average molecular weight is 919 g/mol. The fourth-order valence-electron chi connectivity index (χ4n) is 0. The van der Waals surface area contributed by atoms with Gasteiger partial charge in [0.25, 0.3) is 0 Å². The summed E-state index contributed by atoms with van der Waals surface area (Å²) in [6, 6.07) is 0. The van der Waals surface area contributed by atoms with Crippen molar-refractivity contribution in [2.75, 3.05) is 0 Å². The molecule has 0 unspecified atom stereocenters. The van der Waals surface area contributed by atoms with Crippen molar-refractivity contribution in [1.29, 1.82) is 0 Å². The van der Waals surface area contributed by atoms with Crippen LogP contribution in [0.2, 0.25) is 0 Å². The molecule has 9 nitrogen and oxygen atoms in total. The summed E-state index contributed by atoms with van der Waals surface area (Å²) in [4.78, 5) is 0. The van der Waals surface area contributed by atoms with Crippen LogP contribution in [0.15, 0.2) is 0 Å². The second-order valence-electron chi connectivity index (χ2n) is 0.816. The molecule has 0 aliphatic heterocycles. The van der Waals surface area contributed by atoms with Crippen LogP contribution in [0.3, 0.4) is 0 Å². The van der Waals surface area contributed by atoms with Gasteiger partial charge in [0.2, 0.25) is 0 Å². The van der Waals surface area contributed by atoms with Gasteiger partial charge in [-0.05, 0) is 11.2 Å². The molecule has 0 amide bonds. The topological polar surface area (TPSA) is 190 Å². The monoisotopic (exact) mass is 913 g/mol. The Balaban J connectivity index is -0.00000000980. The Bertz CT molecular complexity index is 223. The Kier molecular flexibility index (Phi) is 114. The molecule has 0 spiro atoms. The van der Waals surface area contributed by atoms with Gasteiger partial charge >= 0.3 is 134 Å². The summed E-state index contributed by atoms with van der Waals surface area (Å²) in [5.74, 6) is 0. The number of rotatable bonds is 0. The summed E-state index contributed by atoms with van der Waals surface area (Å²) in [6.07, 6.45) is 0. The minimum Gasteiger partial charge on any atom is -0.784 e. The van der Waals surface area contributed by atoms with Gasteiger partial charge in [0.15, 0.2) is 0 Å². The Hall–Kier alpha value is 4.87. The quantitative estimate of drug-likeness (QED) is 0.179. The summed E-state index contributed by atoms with van der Waals surface area (Å²) in [7, 11) is -4.33. The third-order valence-corrected chi connectivity index (χ3v) is 0. The standard InChI is InChI=1S/6Ag.H2O3S2.2H2O3S/c;;;;;;1-5(2,3)4;2*1-4(2)3/h;;;;;;(H2,1,2,3,4);2*(H2,1,2,3)/q6*+1;;;/p-6. The van der Waals surface area contributed by atoms with E-state index in [2.05, 4.69) is 11.2 Å². The molecule has 0 saturated carbocycles. The molecular weight excluding hydrogens is 919 g/mol. The Labute approximate surface area is 213 Å². The maximum atomic E-state index is 8.89. The third kappa shape index (κ3) is 420. The van der Waals surface area contributed by atoms with Crippen LogP contribution in [0.1, 0.15) is 0 Å². The first kappa shape index (κ1) is 56.5. The van der Waals surface area contributed by atoms with Gasteiger partial charge in [-0.2, -0.15) is 0 Å². The van der Waals surface area contributed by atoms with Gasteiger partial charge in [-0.3, -0.25) is 12.6 Å². The molecule has 0 atom stereocenters. The fraction of sp³-hybridized carbons (Fsp3) is 0. The van der Waals surface area contributed by atoms with Gasteiger partial charge < -0.3 is 27.3 Å². The summed E-state index contributed by atoms with van der Waals surface area (Å²) >= 11 is -2.98. The van der Waals surface area contributed by atoms with Crippen LogP contribution in [0, 0.1) is 0 Å². The molecule has 0 aromatic rings. The minimum absolute atomic E-state index is 0. The predicted octanol–water partition coefficient (Wildman–Crippen LogP) is -3.03. The van der Waals surface area contributed by atoms with Crippen LogP contribution in [0.5, 0.6) is 0 Å². The van der Waals surface area contributed by atoms with E-state index >= 15 is 0 Å². The maximum Gasteiger partial charge on any atom is 1.00 e. The van der Waals surface area contributed by atoms with Crippen LogP contribution in [0.25, 0.3) is 0 Å². The Morgan fingerprint density at radius 2 is 0.684 bits per heavy atom. The summed E-state index contributed by atoms with van der Waals surface area (Å²) in [5, 5.41) is 0. The summed E-state index contributed by atoms with van der Waals surface area (Å²) < 4.78 is 77.3. The first-order chi connectivity index (χ1) is 5.46. The Morgan fingerprint density at radius 1 is 0.684 bits per heavy atom. The van der Waals surface area contributed by atoms with Crippen molar-refractivity contribution in [3.05, 3.63) is 0 Å². The molecule has 0 heterocycles. The molecule has 19 heavy (non-hydrogen) atoms. The summed E-state index contributed by atoms with van der Waals surface area (Å²) in [6.45, 7) is 0. The van der Waals surface area contributed by atoms with Crippen LogP contribution in [-0.2, 0) is 177 Å². The van der Waals surface area contributed by atoms with Gasteiger partial charge in [0.05, 0.1) is 0 Å². The smallest absolute Gasteiger partial charge is 0.784 e. The van der Waals surface area contributed by atoms with Crippen LogP contribution >= 0.6 is 0 Å². The zero-order chi connectivity index (χ0) is 11.7. The minimum atomic E-state index is -4.33. The second-order valence-corrected chi connectivity index (χ2v) is 3.67. The van der Waals surface area contributed by atoms with Gasteiger partial charge in [-0.25, -0.2) is 0 Å². The first-order valence-electron chi connectivity index (χ1n) is 1.67. The number of hydrogen-bond acceptors (Lipinski definition) is 10. The van der Waals surface area contributed by atoms with Crippen molar-refractivity contribution in [3.8, 4) is 0 Å². The van der Waals surface area contributed by atoms with Crippen molar-refractivity contribution in [3.63, 3.8) is 0 Å². The molecule has 0 aliphatic rings. The molecule has 0 fully saturated rings. The van der Waals surface area contributed by atoms with Crippen molar-refractivity contribution in [1.82, 2.24) is 0 Å². The van der Waals surface area contributed by atoms with Crippen LogP contribution in [0.4, 0.5) is 0 Å². The van der Waals surface area contributed by atoms with E-state index in [0.717, 1.165) is 0 Å². The molecule has 0 saturated heterocycles. The van der Waals surface area contributed by atoms with Crippen molar-refractivity contribution in [2.45, 2.75) is 0 Å². The van der Waals surface area contributed by atoms with Gasteiger partial charge in [-0.1, -0.05) is 0 Å². The molecule has 19 heteroatoms. The van der Waals surface area contributed by atoms with E-state index < -0.39 is 31.8 Å². The van der Waals surface area contributed by atoms with E-state index in [1.54, 1.807) is 0 Å². The predicted molar refractivity (Wildman–Crippen MR) is 36.5 cm³/mol. The molecule has 0 radical (unpaired) electrons. The maximum absolute atomic E-state index is 8.89. The second kappa shape index (κ2) is 38.4. The van der Waals surface area contributed by atoms with E-state index in [-0.39, 0.29) is 134 Å². The van der Waals surface area contributed by atoms with Gasteiger partial charge in [-0.15, -0.1) is 31.8 Å². The molecule has 0 rings (SSSR count). The van der Waals surface area contributed by atoms with E-state index in [4.69, 9.17) is 39.9 Å². The van der Waals surface area contributed by atoms with E-state index in [1.807, 2.05) is 0 Å². The molecular formula is Ag6O9S4. The first-order valence-corrected chi connectivity index (χ1v) is 6.00. The average Bonchev–Trinajstić information content (AvgIpc) is 1.50. The Morgan fingerprint density at radius 3 is 0.684 bits per heavy atom. The molecule has 0 bridgehead atoms. The van der Waals surface area contributed by atoms with Gasteiger partial charge in [0.1, 0.15) is 0 Å². The fourth-order valence-corrected chi connectivity index (χ4v) is 0. The summed E-state index contributed by atoms with van der Waals surface area (Å²) in [5.41, 5.74) is 0. The normalized spacial score (nSPS) is 6.74. The molecule has 0 aliphatic carbocycles. The molecule has 0 aromatic heterocycles. The van der Waals surface area contributed by atoms with E-state index in [0.29, 0.717) is 0 Å². The van der Waals surface area contributed by atoms with Gasteiger partial charge in [0, 0.05) is 0 Å². The van der Waals surface area contributed by atoms with Crippen LogP contribution < -0.4 is 0 Å². The van der Waals surface area contributed by atoms with E-state index in [1.165, 1.54) is 0 Å². The largest absolute Gasteiger partial charge is 1.00 e. The van der Waals surface area contributed by atoms with Crippen LogP contribution in [-0.4, -0.2) is 39.9 Å². The van der Waals surface area contributed by atoms with E-state index in [9.17, 15) is 0 Å². The van der Waals surface area contributed by atoms with Crippen molar-refractivity contribution in [2.24, 2.45) is 0 Å². The van der Waals surface area contributed by atoms with Crippen molar-refractivity contribution < 1.29 is 174 Å². The zero-order valence-corrected chi connectivity index (χ0v) is 19.3. The molecule has 0 N–H and O–H groups in total. The SMILES string of the molecule is O=S([O-])([O-])=S.O=S([O-])[O-].O=S([O-])[O-].[Ag+].[Ag+].[Ag+].[Ag+].[Ag+].[Ag+]. The van der Waals surface area contributed by atoms with Crippen molar-refractivity contribution >= 4 is 43.0 Å². The third-order valence-electron chi connectivity index (χ3n) is 0. The molecule has 144 valence electrons. The number of hydrogen-bond donors (Lipinski definition) is 0. The zero-order valence-electron chi connectivity index (χ0n) is 7.12.